The van der Waals surface area contributed by atoms with Crippen molar-refractivity contribution < 1.29 is 14.1 Å². The normalized spacial score (nSPS) is 15.4. The second-order valence-corrected chi connectivity index (χ2v) is 8.66. The Balaban J connectivity index is 1.40. The molecule has 7 nitrogen and oxygen atoms in total. The summed E-state index contributed by atoms with van der Waals surface area (Å²) in [4.78, 5) is 12.2. The number of amides is 1. The van der Waals surface area contributed by atoms with E-state index in [0.29, 0.717) is 16.6 Å². The summed E-state index contributed by atoms with van der Waals surface area (Å²) in [6, 6.07) is 7.73. The Labute approximate surface area is 164 Å². The van der Waals surface area contributed by atoms with Gasteiger partial charge in [-0.15, -0.1) is 10.2 Å². The van der Waals surface area contributed by atoms with Crippen molar-refractivity contribution in [2.45, 2.75) is 37.1 Å². The van der Waals surface area contributed by atoms with E-state index in [4.69, 9.17) is 9.26 Å². The molecule has 0 aliphatic carbocycles. The van der Waals surface area contributed by atoms with Crippen LogP contribution in [0.4, 0.5) is 5.13 Å². The molecule has 1 amide bonds. The molecule has 0 saturated heterocycles. The Morgan fingerprint density at radius 2 is 2.26 bits per heavy atom. The molecule has 140 valence electrons. The zero-order chi connectivity index (χ0) is 18.8. The smallest absolute Gasteiger partial charge is 0.232 e. The van der Waals surface area contributed by atoms with E-state index < -0.39 is 0 Å². The van der Waals surface area contributed by atoms with E-state index in [2.05, 4.69) is 26.7 Å². The van der Waals surface area contributed by atoms with Gasteiger partial charge in [0.05, 0.1) is 12.1 Å². The molecule has 0 radical (unpaired) electrons. The van der Waals surface area contributed by atoms with Crippen LogP contribution in [0.1, 0.15) is 25.1 Å². The van der Waals surface area contributed by atoms with Crippen molar-refractivity contribution in [2.75, 3.05) is 11.1 Å². The van der Waals surface area contributed by atoms with Crippen molar-refractivity contribution in [3.05, 3.63) is 35.5 Å². The lowest BCUT2D eigenvalue weighted by molar-refractivity contribution is -0.115. The predicted molar refractivity (Wildman–Crippen MR) is 104 cm³/mol. The minimum atomic E-state index is -0.199. The van der Waals surface area contributed by atoms with E-state index in [1.165, 1.54) is 11.3 Å². The number of rotatable bonds is 6. The Bertz CT molecular complexity index is 969. The highest BCUT2D eigenvalue weighted by Crippen LogP contribution is 2.33. The molecule has 1 aliphatic rings. The maximum absolute atomic E-state index is 12.2. The number of hydrogen-bond acceptors (Lipinski definition) is 8. The Hall–Kier alpha value is -2.39. The Morgan fingerprint density at radius 1 is 1.37 bits per heavy atom. The minimum absolute atomic E-state index is 0.115. The van der Waals surface area contributed by atoms with Crippen LogP contribution in [0.3, 0.4) is 0 Å². The predicted octanol–water partition coefficient (Wildman–Crippen LogP) is 3.81. The van der Waals surface area contributed by atoms with Crippen LogP contribution in [0.15, 0.2) is 33.1 Å². The molecule has 1 atom stereocenters. The molecule has 2 aromatic heterocycles. The number of hydrogen-bond donors (Lipinski definition) is 1. The third-order valence-electron chi connectivity index (χ3n) is 4.00. The number of carbonyl (C=O) groups is 1. The molecule has 0 saturated carbocycles. The van der Waals surface area contributed by atoms with E-state index in [1.54, 1.807) is 17.8 Å². The average molecular weight is 403 g/mol. The number of ether oxygens (including phenoxy) is 1. The first-order chi connectivity index (χ1) is 13.1. The quantitative estimate of drug-likeness (QED) is 0.495. The fourth-order valence-electron chi connectivity index (χ4n) is 2.88. The highest BCUT2D eigenvalue weighted by Gasteiger charge is 2.20. The van der Waals surface area contributed by atoms with E-state index in [1.807, 2.05) is 26.0 Å². The molecule has 9 heteroatoms. The van der Waals surface area contributed by atoms with E-state index in [9.17, 15) is 4.79 Å². The molecule has 4 rings (SSSR count). The first-order valence-electron chi connectivity index (χ1n) is 8.62. The van der Waals surface area contributed by atoms with Gasteiger partial charge in [-0.25, -0.2) is 0 Å². The third-order valence-corrected chi connectivity index (χ3v) is 5.86. The number of nitrogens with one attached hydrogen (secondary N) is 1. The highest BCUT2D eigenvalue weighted by atomic mass is 32.2. The highest BCUT2D eigenvalue weighted by molar-refractivity contribution is 8.01. The summed E-state index contributed by atoms with van der Waals surface area (Å²) in [6.45, 7) is 4.09. The van der Waals surface area contributed by atoms with Crippen LogP contribution in [-0.4, -0.2) is 33.1 Å². The van der Waals surface area contributed by atoms with E-state index >= 15 is 0 Å². The Morgan fingerprint density at radius 3 is 3.11 bits per heavy atom. The number of benzene rings is 1. The van der Waals surface area contributed by atoms with Crippen LogP contribution in [0, 0.1) is 0 Å². The third kappa shape index (κ3) is 4.14. The lowest BCUT2D eigenvalue weighted by Crippen LogP contribution is -2.14. The van der Waals surface area contributed by atoms with Crippen molar-refractivity contribution in [1.29, 1.82) is 0 Å². The number of carbonyl (C=O) groups excluding carboxylic acids is 1. The molecule has 3 heterocycles. The molecular formula is C18H18N4O3S2. The summed E-state index contributed by atoms with van der Waals surface area (Å²) >= 11 is 2.96. The summed E-state index contributed by atoms with van der Waals surface area (Å²) in [5.41, 5.74) is 2.66. The van der Waals surface area contributed by atoms with Gasteiger partial charge in [0.1, 0.15) is 11.9 Å². The van der Waals surface area contributed by atoms with Gasteiger partial charge in [-0.05, 0) is 36.4 Å². The van der Waals surface area contributed by atoms with Crippen LogP contribution >= 0.6 is 23.1 Å². The van der Waals surface area contributed by atoms with Gasteiger partial charge in [0.2, 0.25) is 11.0 Å². The van der Waals surface area contributed by atoms with Crippen LogP contribution in [0.25, 0.3) is 11.3 Å². The van der Waals surface area contributed by atoms with Crippen molar-refractivity contribution >= 4 is 34.1 Å². The van der Waals surface area contributed by atoms with Crippen molar-refractivity contribution in [3.8, 4) is 17.1 Å². The topological polar surface area (TPSA) is 90.1 Å². The van der Waals surface area contributed by atoms with Crippen LogP contribution < -0.4 is 10.1 Å². The van der Waals surface area contributed by atoms with Gasteiger partial charge in [0.25, 0.3) is 0 Å². The van der Waals surface area contributed by atoms with Crippen molar-refractivity contribution in [1.82, 2.24) is 15.4 Å². The number of fused-ring (bicyclic) bond motifs is 1. The number of aromatic nitrogens is 3. The molecule has 0 fully saturated rings. The van der Waals surface area contributed by atoms with E-state index in [0.717, 1.165) is 33.4 Å². The molecule has 1 unspecified atom stereocenters. The van der Waals surface area contributed by atoms with Gasteiger partial charge in [-0.1, -0.05) is 35.2 Å². The lowest BCUT2D eigenvalue weighted by Gasteiger charge is -2.02. The average Bonchev–Trinajstić information content (AvgIpc) is 3.34. The van der Waals surface area contributed by atoms with Gasteiger partial charge >= 0.3 is 0 Å². The SMILES string of the molecule is CCSc1nnc(NC(=O)Cc2cc(-c3ccc4c(c3)CC(C)O4)on2)s1. The van der Waals surface area contributed by atoms with Gasteiger partial charge in [0.15, 0.2) is 10.1 Å². The van der Waals surface area contributed by atoms with E-state index in [-0.39, 0.29) is 18.4 Å². The molecule has 1 aromatic carbocycles. The second-order valence-electron chi connectivity index (χ2n) is 6.17. The molecule has 27 heavy (non-hydrogen) atoms. The first-order valence-corrected chi connectivity index (χ1v) is 10.4. The van der Waals surface area contributed by atoms with Gasteiger partial charge in [-0.3, -0.25) is 4.79 Å². The summed E-state index contributed by atoms with van der Waals surface area (Å²) in [5, 5.41) is 15.2. The fraction of sp³-hybridized carbons (Fsp3) is 0.333. The molecule has 0 bridgehead atoms. The number of nitrogens with zero attached hydrogens (tertiary/aromatic N) is 3. The summed E-state index contributed by atoms with van der Waals surface area (Å²) in [5.74, 6) is 2.27. The maximum Gasteiger partial charge on any atom is 0.232 e. The van der Waals surface area contributed by atoms with Crippen LogP contribution in [0.5, 0.6) is 5.75 Å². The molecule has 1 aliphatic heterocycles. The minimum Gasteiger partial charge on any atom is -0.490 e. The van der Waals surface area contributed by atoms with Crippen LogP contribution in [0.2, 0.25) is 0 Å². The van der Waals surface area contributed by atoms with Gasteiger partial charge in [0, 0.05) is 18.1 Å². The number of anilines is 1. The van der Waals surface area contributed by atoms with Crippen molar-refractivity contribution in [2.24, 2.45) is 0 Å². The van der Waals surface area contributed by atoms with Crippen LogP contribution in [-0.2, 0) is 17.6 Å². The zero-order valence-electron chi connectivity index (χ0n) is 14.9. The molecule has 3 aromatic rings. The maximum atomic E-state index is 12.2. The largest absolute Gasteiger partial charge is 0.490 e. The number of thioether (sulfide) groups is 1. The first kappa shape index (κ1) is 18.0. The Kier molecular flexibility index (Phi) is 5.13. The standard InChI is InChI=1S/C18H18N4O3S2/c1-3-26-18-21-20-17(27-18)19-16(23)9-13-8-15(25-22-13)11-4-5-14-12(7-11)6-10(2)24-14/h4-5,7-8,10H,3,6,9H2,1-2H3,(H,19,20,23). The molecule has 1 N–H and O–H groups in total. The summed E-state index contributed by atoms with van der Waals surface area (Å²) < 4.78 is 12.0. The molecule has 0 spiro atoms. The van der Waals surface area contributed by atoms with Gasteiger partial charge in [-0.2, -0.15) is 0 Å². The second kappa shape index (κ2) is 7.69. The summed E-state index contributed by atoms with van der Waals surface area (Å²) in [6.07, 6.45) is 1.19. The molecular weight excluding hydrogens is 384 g/mol. The fourth-order valence-corrected chi connectivity index (χ4v) is 4.54. The van der Waals surface area contributed by atoms with Crippen molar-refractivity contribution in [3.63, 3.8) is 0 Å². The lowest BCUT2D eigenvalue weighted by atomic mass is 10.1. The zero-order valence-corrected chi connectivity index (χ0v) is 16.5. The summed E-state index contributed by atoms with van der Waals surface area (Å²) in [7, 11) is 0. The van der Waals surface area contributed by atoms with Gasteiger partial charge < -0.3 is 14.6 Å². The monoisotopic (exact) mass is 402 g/mol.